The van der Waals surface area contributed by atoms with Gasteiger partial charge in [0.05, 0.1) is 17.6 Å². The van der Waals surface area contributed by atoms with Crippen LogP contribution in [-0.2, 0) is 4.74 Å². The Morgan fingerprint density at radius 1 is 1.27 bits per heavy atom. The molecule has 0 aliphatic carbocycles. The van der Waals surface area contributed by atoms with E-state index >= 15 is 0 Å². The van der Waals surface area contributed by atoms with Crippen molar-refractivity contribution in [1.29, 1.82) is 0 Å². The van der Waals surface area contributed by atoms with Crippen molar-refractivity contribution in [3.63, 3.8) is 0 Å². The summed E-state index contributed by atoms with van der Waals surface area (Å²) in [6, 6.07) is 0. The summed E-state index contributed by atoms with van der Waals surface area (Å²) in [7, 11) is 0. The first-order valence-electron chi connectivity index (χ1n) is 7.49. The molecule has 0 aliphatic heterocycles. The van der Waals surface area contributed by atoms with Gasteiger partial charge >= 0.3 is 5.97 Å². The number of esters is 1. The number of ether oxygens (including phenoxy) is 1. The molecule has 0 amide bonds. The van der Waals surface area contributed by atoms with E-state index in [1.54, 1.807) is 12.3 Å². The quantitative estimate of drug-likeness (QED) is 0.559. The number of thiophene rings is 1. The van der Waals surface area contributed by atoms with Crippen LogP contribution in [0.5, 0.6) is 0 Å². The van der Waals surface area contributed by atoms with Crippen molar-refractivity contribution in [2.24, 2.45) is 0 Å². The molecule has 0 spiro atoms. The van der Waals surface area contributed by atoms with Crippen molar-refractivity contribution in [1.82, 2.24) is 9.97 Å². The van der Waals surface area contributed by atoms with Crippen molar-refractivity contribution in [3.8, 4) is 0 Å². The van der Waals surface area contributed by atoms with E-state index in [1.807, 2.05) is 0 Å². The number of hydrogen-bond acceptors (Lipinski definition) is 6. The first-order valence-corrected chi connectivity index (χ1v) is 8.74. The van der Waals surface area contributed by atoms with Crippen LogP contribution in [0.2, 0.25) is 5.28 Å². The maximum absolute atomic E-state index is 12.2. The molecule has 22 heavy (non-hydrogen) atoms. The lowest BCUT2D eigenvalue weighted by atomic mass is 10.2. The summed E-state index contributed by atoms with van der Waals surface area (Å²) in [6.45, 7) is 8.07. The van der Waals surface area contributed by atoms with E-state index in [0.717, 1.165) is 42.0 Å². The summed E-state index contributed by atoms with van der Waals surface area (Å²) >= 11 is 7.45. The monoisotopic (exact) mass is 341 g/mol. The summed E-state index contributed by atoms with van der Waals surface area (Å²) in [5, 5.41) is 2.72. The van der Waals surface area contributed by atoms with Gasteiger partial charge in [0.2, 0.25) is 5.28 Å². The van der Waals surface area contributed by atoms with Crippen LogP contribution >= 0.6 is 22.9 Å². The predicted molar refractivity (Wildman–Crippen MR) is 91.2 cm³/mol. The number of anilines is 1. The Bertz CT molecular complexity index is 654. The Balaban J connectivity index is 2.59. The number of aromatic nitrogens is 2. The van der Waals surface area contributed by atoms with Gasteiger partial charge in [-0.05, 0) is 31.4 Å². The molecule has 0 radical (unpaired) electrons. The number of nitrogens with zero attached hydrogens (tertiary/aromatic N) is 3. The van der Waals surface area contributed by atoms with E-state index in [0.29, 0.717) is 12.2 Å². The third-order valence-corrected chi connectivity index (χ3v) is 4.21. The van der Waals surface area contributed by atoms with Crippen molar-refractivity contribution in [3.05, 3.63) is 16.2 Å². The van der Waals surface area contributed by atoms with Crippen LogP contribution in [0.25, 0.3) is 10.2 Å². The third-order valence-electron chi connectivity index (χ3n) is 3.17. The van der Waals surface area contributed by atoms with Crippen LogP contribution < -0.4 is 4.90 Å². The van der Waals surface area contributed by atoms with Gasteiger partial charge in [-0.25, -0.2) is 9.78 Å². The highest BCUT2D eigenvalue weighted by molar-refractivity contribution is 7.17. The van der Waals surface area contributed by atoms with Crippen LogP contribution in [0.3, 0.4) is 0 Å². The molecule has 0 fully saturated rings. The average Bonchev–Trinajstić information content (AvgIpc) is 2.90. The molecule has 0 unspecified atom stereocenters. The highest BCUT2D eigenvalue weighted by Gasteiger charge is 2.22. The fourth-order valence-electron chi connectivity index (χ4n) is 2.35. The van der Waals surface area contributed by atoms with Gasteiger partial charge in [-0.2, -0.15) is 4.98 Å². The summed E-state index contributed by atoms with van der Waals surface area (Å²) in [6.07, 6.45) is 1.98. The molecule has 2 aromatic rings. The Hall–Kier alpha value is -1.40. The molecule has 0 aliphatic rings. The second kappa shape index (κ2) is 7.74. The van der Waals surface area contributed by atoms with E-state index in [1.165, 1.54) is 11.3 Å². The Kier molecular flexibility index (Phi) is 5.97. The zero-order valence-electron chi connectivity index (χ0n) is 13.1. The molecular formula is C15H20ClN3O2S. The molecule has 2 heterocycles. The average molecular weight is 342 g/mol. The molecule has 0 bridgehead atoms. The largest absolute Gasteiger partial charge is 0.462 e. The number of carbonyl (C=O) groups excluding carboxylic acids is 1. The SMILES string of the molecule is CCCN(CCC)c1nc(Cl)nc2scc(C(=O)OCC)c12. The Labute approximate surface area is 139 Å². The van der Waals surface area contributed by atoms with E-state index in [2.05, 4.69) is 28.7 Å². The minimum Gasteiger partial charge on any atom is -0.462 e. The molecule has 0 saturated heterocycles. The normalized spacial score (nSPS) is 10.9. The zero-order valence-corrected chi connectivity index (χ0v) is 14.6. The van der Waals surface area contributed by atoms with Gasteiger partial charge in [-0.1, -0.05) is 13.8 Å². The van der Waals surface area contributed by atoms with Crippen molar-refractivity contribution >= 4 is 44.9 Å². The zero-order chi connectivity index (χ0) is 16.1. The minimum absolute atomic E-state index is 0.206. The highest BCUT2D eigenvalue weighted by atomic mass is 35.5. The fraction of sp³-hybridized carbons (Fsp3) is 0.533. The number of hydrogen-bond donors (Lipinski definition) is 0. The molecular weight excluding hydrogens is 322 g/mol. The first kappa shape index (κ1) is 17.0. The van der Waals surface area contributed by atoms with Crippen LogP contribution in [-0.4, -0.2) is 35.6 Å². The lowest BCUT2D eigenvalue weighted by Crippen LogP contribution is -2.26. The topological polar surface area (TPSA) is 55.3 Å². The molecule has 2 rings (SSSR count). The summed E-state index contributed by atoms with van der Waals surface area (Å²) in [5.74, 6) is 0.386. The second-order valence-electron chi connectivity index (χ2n) is 4.85. The smallest absolute Gasteiger partial charge is 0.339 e. The number of rotatable bonds is 7. The maximum Gasteiger partial charge on any atom is 0.339 e. The predicted octanol–water partition coefficient (Wildman–Crippen LogP) is 4.15. The van der Waals surface area contributed by atoms with Crippen molar-refractivity contribution in [2.75, 3.05) is 24.6 Å². The van der Waals surface area contributed by atoms with E-state index in [-0.39, 0.29) is 11.3 Å². The fourth-order valence-corrected chi connectivity index (χ4v) is 3.47. The van der Waals surface area contributed by atoms with Gasteiger partial charge in [0.1, 0.15) is 10.6 Å². The molecule has 0 atom stereocenters. The molecule has 0 N–H and O–H groups in total. The first-order chi connectivity index (χ1) is 10.6. The molecule has 5 nitrogen and oxygen atoms in total. The molecule has 7 heteroatoms. The number of halogens is 1. The standard InChI is InChI=1S/C15H20ClN3O2S/c1-4-7-19(8-5-2)12-11-10(14(20)21-6-3)9-22-13(11)18-15(16)17-12/h9H,4-8H2,1-3H3. The maximum atomic E-state index is 12.2. The second-order valence-corrected chi connectivity index (χ2v) is 6.05. The highest BCUT2D eigenvalue weighted by Crippen LogP contribution is 2.33. The van der Waals surface area contributed by atoms with Crippen LogP contribution in [0.4, 0.5) is 5.82 Å². The minimum atomic E-state index is -0.339. The van der Waals surface area contributed by atoms with E-state index < -0.39 is 0 Å². The summed E-state index contributed by atoms with van der Waals surface area (Å²) < 4.78 is 5.14. The van der Waals surface area contributed by atoms with E-state index in [9.17, 15) is 4.79 Å². The van der Waals surface area contributed by atoms with Gasteiger partial charge < -0.3 is 9.64 Å². The van der Waals surface area contributed by atoms with E-state index in [4.69, 9.17) is 16.3 Å². The molecule has 0 aromatic carbocycles. The lowest BCUT2D eigenvalue weighted by molar-refractivity contribution is 0.0529. The van der Waals surface area contributed by atoms with Crippen LogP contribution in [0.15, 0.2) is 5.38 Å². The lowest BCUT2D eigenvalue weighted by Gasteiger charge is -2.23. The number of fused-ring (bicyclic) bond motifs is 1. The Morgan fingerprint density at radius 2 is 1.95 bits per heavy atom. The molecule has 0 saturated carbocycles. The Morgan fingerprint density at radius 3 is 2.55 bits per heavy atom. The van der Waals surface area contributed by atoms with Gasteiger partial charge in [-0.3, -0.25) is 0 Å². The third kappa shape index (κ3) is 3.50. The molecule has 120 valence electrons. The van der Waals surface area contributed by atoms with Gasteiger partial charge in [0.25, 0.3) is 0 Å². The van der Waals surface area contributed by atoms with Gasteiger partial charge in [0.15, 0.2) is 0 Å². The van der Waals surface area contributed by atoms with Crippen molar-refractivity contribution in [2.45, 2.75) is 33.6 Å². The summed E-state index contributed by atoms with van der Waals surface area (Å²) in [4.78, 5) is 23.7. The van der Waals surface area contributed by atoms with Gasteiger partial charge in [-0.15, -0.1) is 11.3 Å². The molecule has 2 aromatic heterocycles. The van der Waals surface area contributed by atoms with Gasteiger partial charge in [0, 0.05) is 18.5 Å². The van der Waals surface area contributed by atoms with Crippen LogP contribution in [0.1, 0.15) is 44.0 Å². The van der Waals surface area contributed by atoms with Crippen molar-refractivity contribution < 1.29 is 9.53 Å². The summed E-state index contributed by atoms with van der Waals surface area (Å²) in [5.41, 5.74) is 0.519. The van der Waals surface area contributed by atoms with Crippen LogP contribution in [0, 0.1) is 0 Å². The number of carbonyl (C=O) groups is 1.